The van der Waals surface area contributed by atoms with Crippen LogP contribution >= 0.6 is 0 Å². The Morgan fingerprint density at radius 1 is 1.04 bits per heavy atom. The van der Waals surface area contributed by atoms with Gasteiger partial charge in [0.2, 0.25) is 0 Å². The van der Waals surface area contributed by atoms with Gasteiger partial charge in [-0.05, 0) is 89.6 Å². The molecule has 15 heteroatoms. The van der Waals surface area contributed by atoms with Gasteiger partial charge >= 0.3 is 0 Å². The zero-order valence-electron chi connectivity index (χ0n) is 26.9. The van der Waals surface area contributed by atoms with Crippen LogP contribution in [-0.4, -0.2) is 97.3 Å². The molecule has 2 N–H and O–H groups in total. The number of rotatable bonds is 10. The fraction of sp³-hybridized carbons (Fsp3) is 0.656. The van der Waals surface area contributed by atoms with Crippen LogP contribution in [0, 0.1) is 17.2 Å². The summed E-state index contributed by atoms with van der Waals surface area (Å²) in [6, 6.07) is 3.53. The number of carbonyl (C=O) groups excluding carboxylic acids is 1. The van der Waals surface area contributed by atoms with E-state index in [-0.39, 0.29) is 35.4 Å². The average molecular weight is 680 g/mol. The number of anilines is 1. The number of alkyl halides is 2. The highest BCUT2D eigenvalue weighted by molar-refractivity contribution is 7.87. The van der Waals surface area contributed by atoms with Crippen molar-refractivity contribution in [2.45, 2.75) is 76.8 Å². The number of ether oxygens (including phenoxy) is 1. The molecular formula is C32H44F3N7O4S. The zero-order valence-corrected chi connectivity index (χ0v) is 27.7. The third-order valence-electron chi connectivity index (χ3n) is 9.91. The predicted molar refractivity (Wildman–Crippen MR) is 170 cm³/mol. The van der Waals surface area contributed by atoms with E-state index in [1.807, 2.05) is 13.8 Å². The lowest BCUT2D eigenvalue weighted by Gasteiger charge is -2.54. The molecular weight excluding hydrogens is 635 g/mol. The van der Waals surface area contributed by atoms with Gasteiger partial charge in [-0.2, -0.15) is 17.4 Å². The van der Waals surface area contributed by atoms with Crippen molar-refractivity contribution in [1.82, 2.24) is 29.2 Å². The van der Waals surface area contributed by atoms with Gasteiger partial charge in [-0.1, -0.05) is 0 Å². The monoisotopic (exact) mass is 679 g/mol. The summed E-state index contributed by atoms with van der Waals surface area (Å²) >= 11 is 0. The molecule has 0 atom stereocenters. The minimum Gasteiger partial charge on any atom is -0.451 e. The summed E-state index contributed by atoms with van der Waals surface area (Å²) in [7, 11) is -3.90. The molecule has 258 valence electrons. The minimum absolute atomic E-state index is 0.102. The molecule has 4 fully saturated rings. The third kappa shape index (κ3) is 8.01. The van der Waals surface area contributed by atoms with E-state index in [1.165, 1.54) is 18.5 Å². The summed E-state index contributed by atoms with van der Waals surface area (Å²) in [5.41, 5.74) is 0.282. The molecule has 2 aromatic rings. The van der Waals surface area contributed by atoms with Crippen LogP contribution in [0.4, 0.5) is 19.0 Å². The molecule has 11 nitrogen and oxygen atoms in total. The molecule has 4 aliphatic rings. The van der Waals surface area contributed by atoms with Crippen LogP contribution in [0.5, 0.6) is 11.5 Å². The molecule has 1 spiro atoms. The van der Waals surface area contributed by atoms with E-state index in [0.29, 0.717) is 30.3 Å². The Labute approximate surface area is 274 Å². The van der Waals surface area contributed by atoms with Crippen LogP contribution in [0.2, 0.25) is 0 Å². The Balaban J connectivity index is 0.972. The van der Waals surface area contributed by atoms with Crippen molar-refractivity contribution in [2.75, 3.05) is 50.7 Å². The van der Waals surface area contributed by atoms with Gasteiger partial charge in [-0.3, -0.25) is 4.79 Å². The molecule has 3 saturated heterocycles. The standard InChI is InChI=1S/C32H44F3N7O4S/c1-22(2)38-30(43)26-15-24(33)5-8-27(26)46-28-16-36-21-37-29(28)41-18-31(19-41)9-12-40(13-10-31)17-23-3-6-25(7-4-23)39-47(44,45)42-14-11-32(34,35)20-42/h5,8,15-16,21-23,25,39H,3-4,6-7,9-14,17-20H2,1-2H3,(H,38,43). The van der Waals surface area contributed by atoms with Gasteiger partial charge in [0.15, 0.2) is 11.6 Å². The lowest BCUT2D eigenvalue weighted by atomic mass is 9.71. The fourth-order valence-electron chi connectivity index (χ4n) is 7.31. The Morgan fingerprint density at radius 3 is 2.43 bits per heavy atom. The van der Waals surface area contributed by atoms with E-state index in [9.17, 15) is 26.4 Å². The van der Waals surface area contributed by atoms with Crippen LogP contribution < -0.4 is 19.7 Å². The first-order valence-electron chi connectivity index (χ1n) is 16.5. The lowest BCUT2D eigenvalue weighted by Crippen LogP contribution is -2.61. The topological polar surface area (TPSA) is 120 Å². The highest BCUT2D eigenvalue weighted by Crippen LogP contribution is 2.45. The molecule has 0 radical (unpaired) electrons. The first-order valence-corrected chi connectivity index (χ1v) is 17.9. The highest BCUT2D eigenvalue weighted by atomic mass is 32.2. The maximum atomic E-state index is 14.0. The van der Waals surface area contributed by atoms with Gasteiger partial charge in [-0.25, -0.2) is 23.1 Å². The summed E-state index contributed by atoms with van der Waals surface area (Å²) < 4.78 is 76.0. The maximum absolute atomic E-state index is 14.0. The predicted octanol–water partition coefficient (Wildman–Crippen LogP) is 4.18. The van der Waals surface area contributed by atoms with Crippen molar-refractivity contribution in [3.05, 3.63) is 42.1 Å². The number of amides is 1. The number of hydrogen-bond acceptors (Lipinski definition) is 8. The van der Waals surface area contributed by atoms with Gasteiger partial charge in [0.25, 0.3) is 22.0 Å². The van der Waals surface area contributed by atoms with Gasteiger partial charge < -0.3 is 19.9 Å². The number of piperidine rings is 1. The van der Waals surface area contributed by atoms with E-state index in [4.69, 9.17) is 4.74 Å². The second-order valence-corrected chi connectivity index (χ2v) is 15.7. The van der Waals surface area contributed by atoms with Crippen molar-refractivity contribution in [3.63, 3.8) is 0 Å². The second kappa shape index (κ2) is 13.5. The van der Waals surface area contributed by atoms with Gasteiger partial charge in [-0.15, -0.1) is 0 Å². The van der Waals surface area contributed by atoms with Gasteiger partial charge in [0, 0.05) is 50.1 Å². The van der Waals surface area contributed by atoms with E-state index >= 15 is 0 Å². The normalized spacial score (nSPS) is 24.8. The largest absolute Gasteiger partial charge is 0.451 e. The van der Waals surface area contributed by atoms with Gasteiger partial charge in [0.1, 0.15) is 17.9 Å². The Bertz CT molecular complexity index is 1540. The highest BCUT2D eigenvalue weighted by Gasteiger charge is 2.47. The first-order chi connectivity index (χ1) is 22.3. The van der Waals surface area contributed by atoms with Crippen LogP contribution in [0.1, 0.15) is 69.2 Å². The molecule has 3 aliphatic heterocycles. The van der Waals surface area contributed by atoms with Crippen molar-refractivity contribution in [1.29, 1.82) is 0 Å². The number of aromatic nitrogens is 2. The summed E-state index contributed by atoms with van der Waals surface area (Å²) in [6.45, 7) is 7.38. The van der Waals surface area contributed by atoms with Crippen LogP contribution in [0.3, 0.4) is 0 Å². The molecule has 0 bridgehead atoms. The Kier molecular flexibility index (Phi) is 9.71. The van der Waals surface area contributed by atoms with E-state index in [1.54, 1.807) is 6.20 Å². The van der Waals surface area contributed by atoms with E-state index in [2.05, 4.69) is 29.8 Å². The number of likely N-dealkylation sites (tertiary alicyclic amines) is 1. The molecule has 4 heterocycles. The zero-order chi connectivity index (χ0) is 33.4. The average Bonchev–Trinajstić information content (AvgIpc) is 3.39. The Hall–Kier alpha value is -3.01. The summed E-state index contributed by atoms with van der Waals surface area (Å²) in [5, 5.41) is 2.78. The summed E-state index contributed by atoms with van der Waals surface area (Å²) in [6.07, 6.45) is 7.96. The first kappa shape index (κ1) is 33.9. The molecule has 0 unspecified atom stereocenters. The van der Waals surface area contributed by atoms with Crippen LogP contribution in [-0.2, 0) is 10.2 Å². The number of nitrogens with zero attached hydrogens (tertiary/aromatic N) is 5. The molecule has 1 aromatic carbocycles. The van der Waals surface area contributed by atoms with E-state index in [0.717, 1.165) is 68.8 Å². The summed E-state index contributed by atoms with van der Waals surface area (Å²) in [4.78, 5) is 26.0. The molecule has 6 rings (SSSR count). The number of halogens is 3. The molecule has 1 aliphatic carbocycles. The molecule has 1 saturated carbocycles. The van der Waals surface area contributed by atoms with Crippen molar-refractivity contribution >= 4 is 21.9 Å². The fourth-order valence-corrected chi connectivity index (χ4v) is 8.81. The number of benzene rings is 1. The molecule has 1 amide bonds. The summed E-state index contributed by atoms with van der Waals surface area (Å²) in [5.74, 6) is -2.15. The van der Waals surface area contributed by atoms with Crippen molar-refractivity contribution in [2.24, 2.45) is 11.3 Å². The number of hydrogen-bond donors (Lipinski definition) is 2. The number of carbonyl (C=O) groups is 1. The maximum Gasteiger partial charge on any atom is 0.279 e. The smallest absolute Gasteiger partial charge is 0.279 e. The molecule has 1 aromatic heterocycles. The SMILES string of the molecule is CC(C)NC(=O)c1cc(F)ccc1Oc1cncnc1N1CC2(CCN(CC3CCC(NS(=O)(=O)N4CCC(F)(F)C4)CC3)CC2)C1. The number of nitrogens with one attached hydrogen (secondary N) is 2. The third-order valence-corrected chi connectivity index (χ3v) is 11.5. The molecule has 47 heavy (non-hydrogen) atoms. The van der Waals surface area contributed by atoms with Crippen molar-refractivity contribution in [3.8, 4) is 11.5 Å². The van der Waals surface area contributed by atoms with Crippen molar-refractivity contribution < 1.29 is 31.1 Å². The quantitative estimate of drug-likeness (QED) is 0.384. The van der Waals surface area contributed by atoms with Gasteiger partial charge in [0.05, 0.1) is 18.3 Å². The minimum atomic E-state index is -3.90. The van der Waals surface area contributed by atoms with Crippen LogP contribution in [0.15, 0.2) is 30.7 Å². The lowest BCUT2D eigenvalue weighted by molar-refractivity contribution is 0.0182. The Morgan fingerprint density at radius 2 is 1.77 bits per heavy atom. The van der Waals surface area contributed by atoms with E-state index < -0.39 is 40.8 Å². The second-order valence-electron chi connectivity index (χ2n) is 14.0. The van der Waals surface area contributed by atoms with Crippen LogP contribution in [0.25, 0.3) is 0 Å².